The zero-order valence-corrected chi connectivity index (χ0v) is 11.5. The van der Waals surface area contributed by atoms with Gasteiger partial charge in [0.25, 0.3) is 0 Å². The number of aliphatic hydroxyl groups excluding tert-OH is 1. The van der Waals surface area contributed by atoms with Gasteiger partial charge in [-0.15, -0.1) is 0 Å². The fraction of sp³-hybridized carbons (Fsp3) is 0.571. The molecule has 19 heavy (non-hydrogen) atoms. The van der Waals surface area contributed by atoms with Crippen LogP contribution in [0.1, 0.15) is 19.3 Å². The first-order valence-electron chi connectivity index (χ1n) is 6.80. The van der Waals surface area contributed by atoms with Crippen molar-refractivity contribution in [3.8, 4) is 0 Å². The number of hydrogen-bond acceptors (Lipinski definition) is 3. The Balaban J connectivity index is 1.81. The van der Waals surface area contributed by atoms with Crippen molar-refractivity contribution in [2.45, 2.75) is 30.2 Å². The lowest BCUT2D eigenvalue weighted by atomic mass is 9.86. The summed E-state index contributed by atoms with van der Waals surface area (Å²) in [5, 5.41) is 9.49. The zero-order valence-electron chi connectivity index (χ0n) is 10.7. The molecule has 3 unspecified atom stereocenters. The smallest absolute Gasteiger partial charge is 0.240 e. The molecule has 1 aromatic rings. The molecule has 0 radical (unpaired) electrons. The van der Waals surface area contributed by atoms with Gasteiger partial charge in [-0.2, -0.15) is 0 Å². The number of hydrogen-bond donors (Lipinski definition) is 2. The minimum atomic E-state index is -3.47. The van der Waals surface area contributed by atoms with E-state index in [2.05, 4.69) is 4.72 Å². The molecular weight excluding hydrogens is 262 g/mol. The molecule has 1 aromatic carbocycles. The minimum Gasteiger partial charge on any atom is -0.396 e. The first kappa shape index (κ1) is 13.1. The summed E-state index contributed by atoms with van der Waals surface area (Å²) in [6.45, 7) is 0.0726. The third-order valence-corrected chi connectivity index (χ3v) is 6.12. The van der Waals surface area contributed by atoms with Gasteiger partial charge in [0, 0.05) is 18.6 Å². The van der Waals surface area contributed by atoms with E-state index in [0.29, 0.717) is 16.7 Å². The van der Waals surface area contributed by atoms with Gasteiger partial charge in [-0.05, 0) is 43.2 Å². The highest BCUT2D eigenvalue weighted by molar-refractivity contribution is 7.89. The molecule has 0 spiro atoms. The van der Waals surface area contributed by atoms with Gasteiger partial charge in [0.05, 0.1) is 4.90 Å². The largest absolute Gasteiger partial charge is 0.396 e. The molecule has 0 aliphatic heterocycles. The lowest BCUT2D eigenvalue weighted by Gasteiger charge is -2.30. The van der Waals surface area contributed by atoms with Crippen molar-refractivity contribution in [3.05, 3.63) is 30.3 Å². The van der Waals surface area contributed by atoms with E-state index in [9.17, 15) is 13.5 Å². The summed E-state index contributed by atoms with van der Waals surface area (Å²) in [4.78, 5) is 0.300. The maximum absolute atomic E-state index is 12.3. The molecule has 0 saturated heterocycles. The van der Waals surface area contributed by atoms with Crippen LogP contribution < -0.4 is 4.72 Å². The fourth-order valence-electron chi connectivity index (χ4n) is 3.70. The van der Waals surface area contributed by atoms with Crippen LogP contribution >= 0.6 is 0 Å². The van der Waals surface area contributed by atoms with Crippen LogP contribution in [-0.2, 0) is 10.0 Å². The Hall–Kier alpha value is -0.910. The van der Waals surface area contributed by atoms with Crippen molar-refractivity contribution in [1.29, 1.82) is 0 Å². The van der Waals surface area contributed by atoms with Crippen LogP contribution in [0.25, 0.3) is 0 Å². The molecule has 104 valence electrons. The van der Waals surface area contributed by atoms with Crippen LogP contribution in [-0.4, -0.2) is 26.2 Å². The molecule has 2 aliphatic rings. The number of nitrogens with one attached hydrogen (secondary N) is 1. The van der Waals surface area contributed by atoms with Gasteiger partial charge >= 0.3 is 0 Å². The average Bonchev–Trinajstić information content (AvgIpc) is 3.00. The van der Waals surface area contributed by atoms with E-state index in [0.717, 1.165) is 19.3 Å². The minimum absolute atomic E-state index is 0.0726. The normalized spacial score (nSPS) is 33.7. The van der Waals surface area contributed by atoms with E-state index >= 15 is 0 Å². The molecule has 2 aliphatic carbocycles. The van der Waals surface area contributed by atoms with Crippen LogP contribution in [0.2, 0.25) is 0 Å². The summed E-state index contributed by atoms with van der Waals surface area (Å²) in [7, 11) is -3.47. The van der Waals surface area contributed by atoms with Crippen molar-refractivity contribution in [2.75, 3.05) is 6.61 Å². The van der Waals surface area contributed by atoms with Gasteiger partial charge in [-0.1, -0.05) is 18.2 Å². The molecule has 0 aromatic heterocycles. The van der Waals surface area contributed by atoms with Crippen molar-refractivity contribution in [2.24, 2.45) is 17.8 Å². The molecule has 5 heteroatoms. The Morgan fingerprint density at radius 2 is 1.84 bits per heavy atom. The molecule has 4 nitrogen and oxygen atoms in total. The highest BCUT2D eigenvalue weighted by Crippen LogP contribution is 2.48. The third-order valence-electron chi connectivity index (χ3n) is 4.64. The van der Waals surface area contributed by atoms with Crippen LogP contribution in [0.5, 0.6) is 0 Å². The Morgan fingerprint density at radius 1 is 1.16 bits per heavy atom. The van der Waals surface area contributed by atoms with Crippen LogP contribution in [0.3, 0.4) is 0 Å². The van der Waals surface area contributed by atoms with E-state index in [1.165, 1.54) is 0 Å². The summed E-state index contributed by atoms with van der Waals surface area (Å²) in [6.07, 6.45) is 3.25. The lowest BCUT2D eigenvalue weighted by Crippen LogP contribution is -2.45. The Kier molecular flexibility index (Phi) is 3.37. The Bertz CT molecular complexity index is 543. The second kappa shape index (κ2) is 4.89. The molecule has 3 rings (SSSR count). The van der Waals surface area contributed by atoms with Crippen LogP contribution in [0.15, 0.2) is 35.2 Å². The van der Waals surface area contributed by atoms with Gasteiger partial charge in [0.2, 0.25) is 10.0 Å². The Morgan fingerprint density at radius 3 is 2.53 bits per heavy atom. The second-order valence-corrected chi connectivity index (χ2v) is 7.35. The van der Waals surface area contributed by atoms with E-state index < -0.39 is 10.0 Å². The van der Waals surface area contributed by atoms with E-state index in [-0.39, 0.29) is 18.6 Å². The number of fused-ring (bicyclic) bond motifs is 2. The molecule has 0 amide bonds. The van der Waals surface area contributed by atoms with Gasteiger partial charge in [0.1, 0.15) is 0 Å². The van der Waals surface area contributed by atoms with Crippen molar-refractivity contribution in [1.82, 2.24) is 4.72 Å². The first-order chi connectivity index (χ1) is 9.12. The SMILES string of the molecule is O=S(=O)(N[C@@H]1C2CCC(C2)C1CO)c1ccccc1. The monoisotopic (exact) mass is 281 g/mol. The van der Waals surface area contributed by atoms with Crippen molar-refractivity contribution >= 4 is 10.0 Å². The Labute approximate surface area is 113 Å². The summed E-state index contributed by atoms with van der Waals surface area (Å²) >= 11 is 0. The van der Waals surface area contributed by atoms with Gasteiger partial charge < -0.3 is 5.11 Å². The van der Waals surface area contributed by atoms with Crippen molar-refractivity contribution < 1.29 is 13.5 Å². The molecule has 0 heterocycles. The first-order valence-corrected chi connectivity index (χ1v) is 8.28. The predicted octanol–water partition coefficient (Wildman–Crippen LogP) is 1.37. The fourth-order valence-corrected chi connectivity index (χ4v) is 5.08. The van der Waals surface area contributed by atoms with Crippen LogP contribution in [0, 0.1) is 17.8 Å². The zero-order chi connectivity index (χ0) is 13.5. The van der Waals surface area contributed by atoms with E-state index in [1.54, 1.807) is 30.3 Å². The quantitative estimate of drug-likeness (QED) is 0.876. The highest BCUT2D eigenvalue weighted by atomic mass is 32.2. The maximum Gasteiger partial charge on any atom is 0.240 e. The number of aliphatic hydroxyl groups is 1. The molecular formula is C14H19NO3S. The molecule has 2 N–H and O–H groups in total. The standard InChI is InChI=1S/C14H19NO3S/c16-9-13-10-6-7-11(8-10)14(13)15-19(17,18)12-4-2-1-3-5-12/h1-5,10-11,13-16H,6-9H2/t10?,11?,13?,14-/m1/s1. The average molecular weight is 281 g/mol. The third kappa shape index (κ3) is 2.30. The summed E-state index contributed by atoms with van der Waals surface area (Å²) in [5.41, 5.74) is 0. The number of sulfonamides is 1. The van der Waals surface area contributed by atoms with E-state index in [1.807, 2.05) is 0 Å². The molecule has 2 bridgehead atoms. The van der Waals surface area contributed by atoms with Gasteiger partial charge in [0.15, 0.2) is 0 Å². The van der Waals surface area contributed by atoms with Crippen molar-refractivity contribution in [3.63, 3.8) is 0 Å². The van der Waals surface area contributed by atoms with Gasteiger partial charge in [-0.25, -0.2) is 13.1 Å². The highest BCUT2D eigenvalue weighted by Gasteiger charge is 2.48. The number of rotatable bonds is 4. The van der Waals surface area contributed by atoms with Gasteiger partial charge in [-0.3, -0.25) is 0 Å². The maximum atomic E-state index is 12.3. The second-order valence-electron chi connectivity index (χ2n) is 5.64. The summed E-state index contributed by atoms with van der Waals surface area (Å²) in [6, 6.07) is 8.34. The summed E-state index contributed by atoms with van der Waals surface area (Å²) < 4.78 is 27.5. The molecule has 2 saturated carbocycles. The number of benzene rings is 1. The summed E-state index contributed by atoms with van der Waals surface area (Å²) in [5.74, 6) is 0.955. The van der Waals surface area contributed by atoms with Crippen LogP contribution in [0.4, 0.5) is 0 Å². The predicted molar refractivity (Wildman–Crippen MR) is 72.0 cm³/mol. The topological polar surface area (TPSA) is 66.4 Å². The van der Waals surface area contributed by atoms with E-state index in [4.69, 9.17) is 0 Å². The molecule has 2 fully saturated rings. The molecule has 4 atom stereocenters. The lowest BCUT2D eigenvalue weighted by molar-refractivity contribution is 0.153.